The molecule has 0 spiro atoms. The summed E-state index contributed by atoms with van der Waals surface area (Å²) < 4.78 is 5.31. The minimum Gasteiger partial charge on any atom is -0.443 e. The zero-order valence-electron chi connectivity index (χ0n) is 10.6. The van der Waals surface area contributed by atoms with Crippen molar-refractivity contribution in [2.24, 2.45) is 5.73 Å². The summed E-state index contributed by atoms with van der Waals surface area (Å²) in [7, 11) is 0. The Morgan fingerprint density at radius 1 is 1.26 bits per heavy atom. The third-order valence-electron chi connectivity index (χ3n) is 3.00. The van der Waals surface area contributed by atoms with E-state index in [9.17, 15) is 0 Å². The summed E-state index contributed by atoms with van der Waals surface area (Å²) in [6.45, 7) is 2.53. The van der Waals surface area contributed by atoms with Gasteiger partial charge in [0.25, 0.3) is 0 Å². The van der Waals surface area contributed by atoms with Crippen LogP contribution < -0.4 is 5.73 Å². The van der Waals surface area contributed by atoms with Crippen LogP contribution in [0.4, 0.5) is 0 Å². The lowest BCUT2D eigenvalue weighted by Gasteiger charge is -2.06. The highest BCUT2D eigenvalue weighted by Crippen LogP contribution is 2.24. The monoisotopic (exact) mass is 254 g/mol. The van der Waals surface area contributed by atoms with E-state index < -0.39 is 0 Å². The first-order chi connectivity index (χ1) is 9.28. The lowest BCUT2D eigenvalue weighted by atomic mass is 10.1. The SMILES string of the molecule is Cc1nc(CCN)cnc1-c1ccc2ncoc2c1. The topological polar surface area (TPSA) is 77.8 Å². The average Bonchev–Trinajstić information content (AvgIpc) is 2.86. The molecule has 3 aromatic rings. The summed E-state index contributed by atoms with van der Waals surface area (Å²) in [5.41, 5.74) is 10.8. The maximum absolute atomic E-state index is 5.52. The van der Waals surface area contributed by atoms with Gasteiger partial charge >= 0.3 is 0 Å². The van der Waals surface area contributed by atoms with Crippen LogP contribution in [0.1, 0.15) is 11.4 Å². The minimum absolute atomic E-state index is 0.581. The van der Waals surface area contributed by atoms with E-state index in [0.29, 0.717) is 6.54 Å². The number of fused-ring (bicyclic) bond motifs is 1. The van der Waals surface area contributed by atoms with E-state index in [1.807, 2.05) is 25.1 Å². The Kier molecular flexibility index (Phi) is 2.97. The molecular formula is C14H14N4O. The van der Waals surface area contributed by atoms with Crippen LogP contribution in [0.15, 0.2) is 35.2 Å². The summed E-state index contributed by atoms with van der Waals surface area (Å²) in [5, 5.41) is 0. The lowest BCUT2D eigenvalue weighted by molar-refractivity contribution is 0.602. The number of rotatable bonds is 3. The van der Waals surface area contributed by atoms with E-state index in [-0.39, 0.29) is 0 Å². The highest BCUT2D eigenvalue weighted by Gasteiger charge is 2.08. The first-order valence-corrected chi connectivity index (χ1v) is 6.14. The lowest BCUT2D eigenvalue weighted by Crippen LogP contribution is -2.06. The molecule has 0 aliphatic carbocycles. The highest BCUT2D eigenvalue weighted by molar-refractivity contribution is 5.79. The van der Waals surface area contributed by atoms with E-state index in [2.05, 4.69) is 15.0 Å². The van der Waals surface area contributed by atoms with Crippen LogP contribution in [-0.4, -0.2) is 21.5 Å². The molecule has 2 N–H and O–H groups in total. The van der Waals surface area contributed by atoms with Crippen LogP contribution in [0.25, 0.3) is 22.4 Å². The number of aromatic nitrogens is 3. The van der Waals surface area contributed by atoms with Crippen molar-refractivity contribution < 1.29 is 4.42 Å². The predicted molar refractivity (Wildman–Crippen MR) is 72.5 cm³/mol. The molecule has 0 unspecified atom stereocenters. The van der Waals surface area contributed by atoms with E-state index in [0.717, 1.165) is 40.2 Å². The Bertz CT molecular complexity index is 720. The molecule has 96 valence electrons. The molecule has 5 nitrogen and oxygen atoms in total. The van der Waals surface area contributed by atoms with Gasteiger partial charge in [-0.05, 0) is 25.6 Å². The zero-order valence-corrected chi connectivity index (χ0v) is 10.6. The normalized spacial score (nSPS) is 11.1. The van der Waals surface area contributed by atoms with Gasteiger partial charge < -0.3 is 10.2 Å². The zero-order chi connectivity index (χ0) is 13.2. The molecule has 2 aromatic heterocycles. The van der Waals surface area contributed by atoms with Gasteiger partial charge in [0.1, 0.15) is 5.52 Å². The number of oxazole rings is 1. The van der Waals surface area contributed by atoms with E-state index >= 15 is 0 Å². The Morgan fingerprint density at radius 2 is 2.16 bits per heavy atom. The van der Waals surface area contributed by atoms with Crippen molar-refractivity contribution in [3.63, 3.8) is 0 Å². The second kappa shape index (κ2) is 4.78. The van der Waals surface area contributed by atoms with Gasteiger partial charge in [-0.3, -0.25) is 9.97 Å². The van der Waals surface area contributed by atoms with Gasteiger partial charge in [-0.2, -0.15) is 0 Å². The van der Waals surface area contributed by atoms with Gasteiger partial charge in [-0.1, -0.05) is 6.07 Å². The largest absolute Gasteiger partial charge is 0.443 e. The summed E-state index contributed by atoms with van der Waals surface area (Å²) in [6, 6.07) is 5.83. The van der Waals surface area contributed by atoms with Gasteiger partial charge in [0.05, 0.1) is 17.1 Å². The quantitative estimate of drug-likeness (QED) is 0.774. The molecule has 0 fully saturated rings. The van der Waals surface area contributed by atoms with Gasteiger partial charge in [0, 0.05) is 18.2 Å². The van der Waals surface area contributed by atoms with Crippen LogP contribution in [0.3, 0.4) is 0 Å². The van der Waals surface area contributed by atoms with Crippen molar-refractivity contribution in [2.45, 2.75) is 13.3 Å². The van der Waals surface area contributed by atoms with Crippen LogP contribution in [0, 0.1) is 6.92 Å². The van der Waals surface area contributed by atoms with Crippen LogP contribution in [0.2, 0.25) is 0 Å². The molecule has 1 aromatic carbocycles. The molecule has 0 saturated heterocycles. The molecule has 0 amide bonds. The molecule has 5 heteroatoms. The second-order valence-electron chi connectivity index (χ2n) is 4.37. The average molecular weight is 254 g/mol. The van der Waals surface area contributed by atoms with Crippen molar-refractivity contribution in [1.82, 2.24) is 15.0 Å². The smallest absolute Gasteiger partial charge is 0.181 e. The van der Waals surface area contributed by atoms with Gasteiger partial charge in [-0.25, -0.2) is 4.98 Å². The van der Waals surface area contributed by atoms with Crippen molar-refractivity contribution in [2.75, 3.05) is 6.54 Å². The first-order valence-electron chi connectivity index (χ1n) is 6.14. The molecular weight excluding hydrogens is 240 g/mol. The molecule has 0 atom stereocenters. The van der Waals surface area contributed by atoms with E-state index in [1.54, 1.807) is 6.20 Å². The molecule has 0 saturated carbocycles. The number of aryl methyl sites for hydroxylation is 1. The Balaban J connectivity index is 2.05. The Morgan fingerprint density at radius 3 is 2.95 bits per heavy atom. The van der Waals surface area contributed by atoms with Crippen LogP contribution >= 0.6 is 0 Å². The number of nitrogens with zero attached hydrogens (tertiary/aromatic N) is 3. The Labute approximate surface area is 110 Å². The molecule has 0 bridgehead atoms. The number of benzene rings is 1. The Hall–Kier alpha value is -2.27. The first kappa shape index (κ1) is 11.8. The fraction of sp³-hybridized carbons (Fsp3) is 0.214. The molecule has 3 rings (SSSR count). The number of nitrogens with two attached hydrogens (primary N) is 1. The molecule has 0 aliphatic rings. The minimum atomic E-state index is 0.581. The molecule has 2 heterocycles. The maximum atomic E-state index is 5.52. The summed E-state index contributed by atoms with van der Waals surface area (Å²) in [5.74, 6) is 0. The fourth-order valence-corrected chi connectivity index (χ4v) is 2.08. The fourth-order valence-electron chi connectivity index (χ4n) is 2.08. The summed E-state index contributed by atoms with van der Waals surface area (Å²) in [4.78, 5) is 13.1. The predicted octanol–water partition coefficient (Wildman–Crippen LogP) is 2.09. The highest BCUT2D eigenvalue weighted by atomic mass is 16.3. The molecule has 0 aliphatic heterocycles. The van der Waals surface area contributed by atoms with Crippen molar-refractivity contribution in [3.05, 3.63) is 42.2 Å². The second-order valence-corrected chi connectivity index (χ2v) is 4.37. The maximum Gasteiger partial charge on any atom is 0.181 e. The summed E-state index contributed by atoms with van der Waals surface area (Å²) in [6.07, 6.45) is 3.96. The standard InChI is InChI=1S/C14H14N4O/c1-9-14(16-7-11(18-9)4-5-15)10-2-3-12-13(6-10)19-8-17-12/h2-3,6-8H,4-5,15H2,1H3. The van der Waals surface area contributed by atoms with Crippen LogP contribution in [0.5, 0.6) is 0 Å². The molecule has 19 heavy (non-hydrogen) atoms. The third-order valence-corrected chi connectivity index (χ3v) is 3.00. The third kappa shape index (κ3) is 2.20. The van der Waals surface area contributed by atoms with E-state index in [1.165, 1.54) is 6.39 Å². The van der Waals surface area contributed by atoms with Gasteiger partial charge in [-0.15, -0.1) is 0 Å². The number of hydrogen-bond donors (Lipinski definition) is 1. The number of hydrogen-bond acceptors (Lipinski definition) is 5. The summed E-state index contributed by atoms with van der Waals surface area (Å²) >= 11 is 0. The van der Waals surface area contributed by atoms with Crippen LogP contribution in [-0.2, 0) is 6.42 Å². The van der Waals surface area contributed by atoms with Crippen molar-refractivity contribution in [3.8, 4) is 11.3 Å². The molecule has 0 radical (unpaired) electrons. The van der Waals surface area contributed by atoms with Crippen molar-refractivity contribution >= 4 is 11.1 Å². The van der Waals surface area contributed by atoms with E-state index in [4.69, 9.17) is 10.2 Å². The van der Waals surface area contributed by atoms with Gasteiger partial charge in [0.15, 0.2) is 12.0 Å². The van der Waals surface area contributed by atoms with Gasteiger partial charge in [0.2, 0.25) is 0 Å². The van der Waals surface area contributed by atoms with Crippen molar-refractivity contribution in [1.29, 1.82) is 0 Å².